The molecule has 0 aliphatic carbocycles. The maximum atomic E-state index is 5.50. The fourth-order valence-electron chi connectivity index (χ4n) is 0.851. The first-order chi connectivity index (χ1) is 6.34. The lowest BCUT2D eigenvalue weighted by molar-refractivity contribution is 0.360. The molecular formula is C11H11IO. The Kier molecular flexibility index (Phi) is 4.60. The fourth-order valence-corrected chi connectivity index (χ4v) is 1.39. The van der Waals surface area contributed by atoms with Crippen LogP contribution in [0.5, 0.6) is 5.75 Å². The van der Waals surface area contributed by atoms with Crippen molar-refractivity contribution >= 4 is 22.6 Å². The summed E-state index contributed by atoms with van der Waals surface area (Å²) in [7, 11) is 0. The fraction of sp³-hybridized carbons (Fsp3) is 0.0909. The zero-order valence-electron chi connectivity index (χ0n) is 7.24. The molecule has 1 nitrogen and oxygen atoms in total. The molecular weight excluding hydrogens is 275 g/mol. The third-order valence-corrected chi connectivity index (χ3v) is 2.34. The van der Waals surface area contributed by atoms with Crippen LogP contribution in [-0.2, 0) is 0 Å². The first-order valence-electron chi connectivity index (χ1n) is 3.99. The third kappa shape index (κ3) is 3.63. The summed E-state index contributed by atoms with van der Waals surface area (Å²) in [5.74, 6) is 0.928. The Hall–Kier alpha value is -0.770. The number of hydrogen-bond donors (Lipinski definition) is 0. The normalized spacial score (nSPS) is 10.2. The molecule has 0 radical (unpaired) electrons. The number of rotatable bonds is 4. The van der Waals surface area contributed by atoms with Crippen molar-refractivity contribution in [2.75, 3.05) is 6.61 Å². The van der Waals surface area contributed by atoms with Crippen LogP contribution in [0.25, 0.3) is 0 Å². The largest absolute Gasteiger partial charge is 0.488 e. The van der Waals surface area contributed by atoms with Crippen molar-refractivity contribution < 1.29 is 4.74 Å². The number of halogens is 1. The van der Waals surface area contributed by atoms with Crippen LogP contribution in [0.2, 0.25) is 0 Å². The van der Waals surface area contributed by atoms with Crippen LogP contribution in [0.3, 0.4) is 0 Å². The van der Waals surface area contributed by atoms with E-state index < -0.39 is 0 Å². The average Bonchev–Trinajstić information content (AvgIpc) is 2.15. The minimum Gasteiger partial charge on any atom is -0.488 e. The minimum absolute atomic E-state index is 0.589. The van der Waals surface area contributed by atoms with Crippen molar-refractivity contribution in [3.05, 3.63) is 52.6 Å². The number of ether oxygens (including phenoxy) is 1. The summed E-state index contributed by atoms with van der Waals surface area (Å²) in [5, 5.41) is 0. The molecule has 0 fully saturated rings. The quantitative estimate of drug-likeness (QED) is 0.609. The van der Waals surface area contributed by atoms with E-state index >= 15 is 0 Å². The predicted octanol–water partition coefficient (Wildman–Crippen LogP) is 3.41. The highest BCUT2D eigenvalue weighted by Gasteiger charge is 1.95. The molecule has 0 atom stereocenters. The highest BCUT2D eigenvalue weighted by Crippen LogP contribution is 2.19. The molecule has 0 N–H and O–H groups in total. The SMILES string of the molecule is C=C/C=C/COc1ccccc1I. The van der Waals surface area contributed by atoms with E-state index in [0.717, 1.165) is 9.32 Å². The Balaban J connectivity index is 2.49. The molecule has 0 saturated heterocycles. The second kappa shape index (κ2) is 5.80. The second-order valence-electron chi connectivity index (χ2n) is 2.41. The zero-order valence-corrected chi connectivity index (χ0v) is 9.40. The Labute approximate surface area is 92.3 Å². The summed E-state index contributed by atoms with van der Waals surface area (Å²) in [5.41, 5.74) is 0. The van der Waals surface area contributed by atoms with Gasteiger partial charge in [0.25, 0.3) is 0 Å². The molecule has 0 aromatic heterocycles. The van der Waals surface area contributed by atoms with E-state index in [1.165, 1.54) is 0 Å². The molecule has 0 bridgehead atoms. The van der Waals surface area contributed by atoms with Gasteiger partial charge in [-0.2, -0.15) is 0 Å². The van der Waals surface area contributed by atoms with Gasteiger partial charge in [-0.15, -0.1) is 0 Å². The molecule has 1 aromatic carbocycles. The predicted molar refractivity (Wildman–Crippen MR) is 64.0 cm³/mol. The van der Waals surface area contributed by atoms with Crippen molar-refractivity contribution in [3.63, 3.8) is 0 Å². The Morgan fingerprint density at radius 1 is 1.38 bits per heavy atom. The Morgan fingerprint density at radius 3 is 2.85 bits per heavy atom. The van der Waals surface area contributed by atoms with Crippen LogP contribution in [0, 0.1) is 3.57 Å². The van der Waals surface area contributed by atoms with Crippen molar-refractivity contribution in [1.29, 1.82) is 0 Å². The highest BCUT2D eigenvalue weighted by molar-refractivity contribution is 14.1. The monoisotopic (exact) mass is 286 g/mol. The maximum absolute atomic E-state index is 5.50. The van der Waals surface area contributed by atoms with Crippen LogP contribution in [-0.4, -0.2) is 6.61 Å². The summed E-state index contributed by atoms with van der Waals surface area (Å²) in [6.45, 7) is 4.17. The van der Waals surface area contributed by atoms with E-state index in [-0.39, 0.29) is 0 Å². The molecule has 0 amide bonds. The number of hydrogen-bond acceptors (Lipinski definition) is 1. The summed E-state index contributed by atoms with van der Waals surface area (Å²) in [6, 6.07) is 7.94. The lowest BCUT2D eigenvalue weighted by atomic mass is 10.3. The molecule has 1 rings (SSSR count). The molecule has 0 unspecified atom stereocenters. The van der Waals surface area contributed by atoms with Crippen LogP contribution < -0.4 is 4.74 Å². The molecule has 2 heteroatoms. The van der Waals surface area contributed by atoms with Gasteiger partial charge in [-0.25, -0.2) is 0 Å². The number of para-hydroxylation sites is 1. The van der Waals surface area contributed by atoms with Gasteiger partial charge in [-0.1, -0.05) is 30.9 Å². The molecule has 68 valence electrons. The van der Waals surface area contributed by atoms with Gasteiger partial charge in [0.1, 0.15) is 12.4 Å². The Bertz CT molecular complexity index is 305. The van der Waals surface area contributed by atoms with E-state index in [2.05, 4.69) is 29.2 Å². The van der Waals surface area contributed by atoms with Gasteiger partial charge in [0.2, 0.25) is 0 Å². The van der Waals surface area contributed by atoms with E-state index in [4.69, 9.17) is 4.74 Å². The van der Waals surface area contributed by atoms with Gasteiger partial charge in [0, 0.05) is 0 Å². The smallest absolute Gasteiger partial charge is 0.133 e. The molecule has 0 heterocycles. The molecule has 0 aliphatic rings. The van der Waals surface area contributed by atoms with E-state index in [1.807, 2.05) is 36.4 Å². The van der Waals surface area contributed by atoms with Crippen molar-refractivity contribution in [2.45, 2.75) is 0 Å². The van der Waals surface area contributed by atoms with E-state index in [0.29, 0.717) is 6.61 Å². The number of allylic oxidation sites excluding steroid dienone is 2. The van der Waals surface area contributed by atoms with Gasteiger partial charge in [0.15, 0.2) is 0 Å². The van der Waals surface area contributed by atoms with E-state index in [1.54, 1.807) is 6.08 Å². The maximum Gasteiger partial charge on any atom is 0.133 e. The lowest BCUT2D eigenvalue weighted by Crippen LogP contribution is -1.94. The molecule has 1 aromatic rings. The van der Waals surface area contributed by atoms with Gasteiger partial charge < -0.3 is 4.74 Å². The molecule has 13 heavy (non-hydrogen) atoms. The van der Waals surface area contributed by atoms with Gasteiger partial charge in [0.05, 0.1) is 3.57 Å². The lowest BCUT2D eigenvalue weighted by Gasteiger charge is -2.04. The minimum atomic E-state index is 0.589. The second-order valence-corrected chi connectivity index (χ2v) is 3.57. The highest BCUT2D eigenvalue weighted by atomic mass is 127. The van der Waals surface area contributed by atoms with Crippen LogP contribution in [0.1, 0.15) is 0 Å². The summed E-state index contributed by atoms with van der Waals surface area (Å²) in [6.07, 6.45) is 5.53. The van der Waals surface area contributed by atoms with Crippen molar-refractivity contribution in [3.8, 4) is 5.75 Å². The summed E-state index contributed by atoms with van der Waals surface area (Å²) in [4.78, 5) is 0. The topological polar surface area (TPSA) is 9.23 Å². The van der Waals surface area contributed by atoms with Crippen molar-refractivity contribution in [2.24, 2.45) is 0 Å². The third-order valence-electron chi connectivity index (χ3n) is 1.44. The summed E-state index contributed by atoms with van der Waals surface area (Å²) >= 11 is 2.25. The van der Waals surface area contributed by atoms with Gasteiger partial charge >= 0.3 is 0 Å². The molecule has 0 spiro atoms. The number of benzene rings is 1. The molecule has 0 aliphatic heterocycles. The summed E-state index contributed by atoms with van der Waals surface area (Å²) < 4.78 is 6.63. The Morgan fingerprint density at radius 2 is 2.15 bits per heavy atom. The molecule has 0 saturated carbocycles. The van der Waals surface area contributed by atoms with Crippen LogP contribution in [0.4, 0.5) is 0 Å². The van der Waals surface area contributed by atoms with E-state index in [9.17, 15) is 0 Å². The average molecular weight is 286 g/mol. The van der Waals surface area contributed by atoms with Crippen LogP contribution >= 0.6 is 22.6 Å². The van der Waals surface area contributed by atoms with Gasteiger partial charge in [-0.3, -0.25) is 0 Å². The first kappa shape index (κ1) is 10.3. The van der Waals surface area contributed by atoms with Gasteiger partial charge in [-0.05, 0) is 40.8 Å². The first-order valence-corrected chi connectivity index (χ1v) is 5.07. The van der Waals surface area contributed by atoms with Crippen molar-refractivity contribution in [1.82, 2.24) is 0 Å². The standard InChI is InChI=1S/C11H11IO/c1-2-3-6-9-13-11-8-5-4-7-10(11)12/h2-8H,1,9H2/b6-3+. The van der Waals surface area contributed by atoms with Crippen LogP contribution in [0.15, 0.2) is 49.1 Å². The zero-order chi connectivity index (χ0) is 9.52.